The first-order chi connectivity index (χ1) is 36.5. The number of hydrogen-bond acceptors (Lipinski definition) is 6. The van der Waals surface area contributed by atoms with Crippen molar-refractivity contribution < 1.29 is 28.6 Å². The normalized spacial score (nSPS) is 13.0. The SMILES string of the molecule is CC/C=C\C/C=C\C/C=C\C/C=C\C/C=C\C/C=C\C/C=C\C/C=C\C/C=C\CCCCCC(=O)OCC(COC(=O)CCCCCCCCCCCCC)OC(=O)CCCCCCC/C=C\CCCCCCC. The van der Waals surface area contributed by atoms with Gasteiger partial charge >= 0.3 is 17.9 Å². The molecule has 0 N–H and O–H groups in total. The summed E-state index contributed by atoms with van der Waals surface area (Å²) in [6, 6.07) is 0. The van der Waals surface area contributed by atoms with Gasteiger partial charge in [-0.05, 0) is 116 Å². The third kappa shape index (κ3) is 58.7. The van der Waals surface area contributed by atoms with Crippen LogP contribution in [-0.2, 0) is 28.6 Å². The van der Waals surface area contributed by atoms with Crippen molar-refractivity contribution in [2.75, 3.05) is 13.2 Å². The molecule has 0 bridgehead atoms. The van der Waals surface area contributed by atoms with E-state index >= 15 is 0 Å². The smallest absolute Gasteiger partial charge is 0.306 e. The van der Waals surface area contributed by atoms with Crippen LogP contribution in [0.3, 0.4) is 0 Å². The van der Waals surface area contributed by atoms with Crippen LogP contribution in [0.4, 0.5) is 0 Å². The van der Waals surface area contributed by atoms with E-state index in [1.807, 2.05) is 0 Å². The third-order valence-corrected chi connectivity index (χ3v) is 12.7. The Balaban J connectivity index is 4.33. The van der Waals surface area contributed by atoms with Crippen molar-refractivity contribution in [3.63, 3.8) is 0 Å². The van der Waals surface area contributed by atoms with Crippen molar-refractivity contribution in [2.24, 2.45) is 0 Å². The number of rotatable bonds is 54. The number of ether oxygens (including phenoxy) is 3. The summed E-state index contributed by atoms with van der Waals surface area (Å²) < 4.78 is 16.8. The van der Waals surface area contributed by atoms with E-state index in [0.29, 0.717) is 19.3 Å². The van der Waals surface area contributed by atoms with E-state index in [4.69, 9.17) is 14.2 Å². The first-order valence-electron chi connectivity index (χ1n) is 30.5. The average molecular weight is 1030 g/mol. The van der Waals surface area contributed by atoms with E-state index in [2.05, 4.69) is 142 Å². The molecule has 0 heterocycles. The number of carbonyl (C=O) groups is 3. The summed E-state index contributed by atoms with van der Waals surface area (Å²) in [6.07, 6.45) is 84.9. The summed E-state index contributed by atoms with van der Waals surface area (Å²) in [5.74, 6) is -0.935. The minimum absolute atomic E-state index is 0.0918. The Labute approximate surface area is 456 Å². The van der Waals surface area contributed by atoms with Crippen LogP contribution in [0.1, 0.15) is 271 Å². The van der Waals surface area contributed by atoms with Crippen LogP contribution in [0.5, 0.6) is 0 Å². The molecule has 0 saturated heterocycles. The van der Waals surface area contributed by atoms with Crippen molar-refractivity contribution in [1.29, 1.82) is 0 Å². The third-order valence-electron chi connectivity index (χ3n) is 12.7. The molecule has 1 unspecified atom stereocenters. The van der Waals surface area contributed by atoms with Gasteiger partial charge < -0.3 is 14.2 Å². The molecule has 0 rings (SSSR count). The van der Waals surface area contributed by atoms with Crippen molar-refractivity contribution in [2.45, 2.75) is 277 Å². The van der Waals surface area contributed by atoms with Gasteiger partial charge in [0.25, 0.3) is 0 Å². The minimum atomic E-state index is -0.797. The highest BCUT2D eigenvalue weighted by molar-refractivity contribution is 5.71. The van der Waals surface area contributed by atoms with Crippen molar-refractivity contribution in [3.05, 3.63) is 122 Å². The molecule has 6 nitrogen and oxygen atoms in total. The first kappa shape index (κ1) is 69.8. The van der Waals surface area contributed by atoms with Crippen LogP contribution in [0.2, 0.25) is 0 Å². The molecule has 0 saturated carbocycles. The number of carbonyl (C=O) groups excluding carboxylic acids is 3. The maximum absolute atomic E-state index is 12.8. The van der Waals surface area contributed by atoms with E-state index in [0.717, 1.165) is 135 Å². The van der Waals surface area contributed by atoms with Gasteiger partial charge in [0.1, 0.15) is 13.2 Å². The van der Waals surface area contributed by atoms with Gasteiger partial charge in [-0.2, -0.15) is 0 Å². The van der Waals surface area contributed by atoms with Crippen molar-refractivity contribution >= 4 is 17.9 Å². The lowest BCUT2D eigenvalue weighted by Gasteiger charge is -2.18. The largest absolute Gasteiger partial charge is 0.462 e. The topological polar surface area (TPSA) is 78.9 Å². The molecule has 1 atom stereocenters. The molecule has 0 aliphatic carbocycles. The van der Waals surface area contributed by atoms with Gasteiger partial charge in [-0.1, -0.05) is 258 Å². The first-order valence-corrected chi connectivity index (χ1v) is 30.5. The quantitative estimate of drug-likeness (QED) is 0.0261. The predicted molar refractivity (Wildman–Crippen MR) is 320 cm³/mol. The zero-order valence-electron chi connectivity index (χ0n) is 48.1. The monoisotopic (exact) mass is 1020 g/mol. The molecular weight excluding hydrogens is 913 g/mol. The molecule has 0 spiro atoms. The lowest BCUT2D eigenvalue weighted by atomic mass is 10.1. The standard InChI is InChI=1S/C68H112O6/c1-4-7-10-13-16-19-22-24-26-27-28-29-30-31-32-33-34-35-36-37-38-39-40-41-42-44-46-49-52-55-58-61-67(70)73-64-65(63-72-66(69)60-57-54-51-48-45-21-18-15-12-9-6-3)74-68(71)62-59-56-53-50-47-43-25-23-20-17-14-11-8-5-2/h7,10,16,19,23-26,28-29,31-32,34-35,37-38,40-41,44,46,65H,4-6,8-9,11-15,17-18,20-22,27,30,33,36,39,42-43,45,47-64H2,1-3H3/b10-7-,19-16-,25-23-,26-24-,29-28-,32-31-,35-34-,38-37-,41-40-,46-44-. The lowest BCUT2D eigenvalue weighted by Crippen LogP contribution is -2.30. The second kappa shape index (κ2) is 61.4. The van der Waals surface area contributed by atoms with Crippen LogP contribution < -0.4 is 0 Å². The Kier molecular flexibility index (Phi) is 57.9. The van der Waals surface area contributed by atoms with Crippen LogP contribution in [0, 0.1) is 0 Å². The molecule has 6 heteroatoms. The zero-order chi connectivity index (χ0) is 53.6. The summed E-state index contributed by atoms with van der Waals surface area (Å²) in [5, 5.41) is 0. The number of esters is 3. The second-order valence-corrected chi connectivity index (χ2v) is 19.9. The highest BCUT2D eigenvalue weighted by Crippen LogP contribution is 2.14. The molecule has 74 heavy (non-hydrogen) atoms. The van der Waals surface area contributed by atoms with Crippen LogP contribution in [0.25, 0.3) is 0 Å². The fourth-order valence-corrected chi connectivity index (χ4v) is 8.13. The van der Waals surface area contributed by atoms with Crippen LogP contribution in [0.15, 0.2) is 122 Å². The fourth-order valence-electron chi connectivity index (χ4n) is 8.13. The van der Waals surface area contributed by atoms with E-state index < -0.39 is 6.10 Å². The van der Waals surface area contributed by atoms with Crippen LogP contribution >= 0.6 is 0 Å². The molecule has 0 aromatic heterocycles. The average Bonchev–Trinajstić information content (AvgIpc) is 3.40. The van der Waals surface area contributed by atoms with Gasteiger partial charge in [-0.3, -0.25) is 14.4 Å². The van der Waals surface area contributed by atoms with Crippen LogP contribution in [-0.4, -0.2) is 37.2 Å². The number of allylic oxidation sites excluding steroid dienone is 20. The molecule has 0 aromatic carbocycles. The number of unbranched alkanes of at least 4 members (excludes halogenated alkanes) is 23. The van der Waals surface area contributed by atoms with Crippen molar-refractivity contribution in [1.82, 2.24) is 0 Å². The van der Waals surface area contributed by atoms with Gasteiger partial charge in [0.05, 0.1) is 0 Å². The Morgan fingerprint density at radius 2 is 0.527 bits per heavy atom. The summed E-state index contributed by atoms with van der Waals surface area (Å²) in [5.41, 5.74) is 0. The highest BCUT2D eigenvalue weighted by Gasteiger charge is 2.19. The Morgan fingerprint density at radius 3 is 0.851 bits per heavy atom. The van der Waals surface area contributed by atoms with Crippen molar-refractivity contribution in [3.8, 4) is 0 Å². The Hall–Kier alpha value is -4.19. The van der Waals surface area contributed by atoms with Gasteiger partial charge in [-0.15, -0.1) is 0 Å². The zero-order valence-corrected chi connectivity index (χ0v) is 48.1. The molecular formula is C68H112O6. The minimum Gasteiger partial charge on any atom is -0.462 e. The molecule has 0 aliphatic rings. The molecule has 0 aliphatic heterocycles. The fraction of sp³-hybridized carbons (Fsp3) is 0.662. The summed E-state index contributed by atoms with van der Waals surface area (Å²) in [6.45, 7) is 6.48. The summed E-state index contributed by atoms with van der Waals surface area (Å²) in [4.78, 5) is 38.1. The van der Waals surface area contributed by atoms with E-state index in [1.54, 1.807) is 0 Å². The molecule has 0 amide bonds. The van der Waals surface area contributed by atoms with Gasteiger partial charge in [0, 0.05) is 19.3 Å². The Bertz CT molecular complexity index is 1550. The van der Waals surface area contributed by atoms with Gasteiger partial charge in [0.15, 0.2) is 6.10 Å². The molecule has 0 aromatic rings. The maximum atomic E-state index is 12.8. The maximum Gasteiger partial charge on any atom is 0.306 e. The Morgan fingerprint density at radius 1 is 0.284 bits per heavy atom. The summed E-state index contributed by atoms with van der Waals surface area (Å²) in [7, 11) is 0. The van der Waals surface area contributed by atoms with Gasteiger partial charge in [-0.25, -0.2) is 0 Å². The molecule has 0 fully saturated rings. The highest BCUT2D eigenvalue weighted by atomic mass is 16.6. The van der Waals surface area contributed by atoms with E-state index in [9.17, 15) is 14.4 Å². The molecule has 420 valence electrons. The summed E-state index contributed by atoms with van der Waals surface area (Å²) >= 11 is 0. The lowest BCUT2D eigenvalue weighted by molar-refractivity contribution is -0.167. The van der Waals surface area contributed by atoms with E-state index in [-0.39, 0.29) is 31.1 Å². The number of hydrogen-bond donors (Lipinski definition) is 0. The molecule has 0 radical (unpaired) electrons. The van der Waals surface area contributed by atoms with Gasteiger partial charge in [0.2, 0.25) is 0 Å². The second-order valence-electron chi connectivity index (χ2n) is 19.9. The predicted octanol–water partition coefficient (Wildman–Crippen LogP) is 20.8. The van der Waals surface area contributed by atoms with E-state index in [1.165, 1.54) is 96.3 Å².